The van der Waals surface area contributed by atoms with Crippen molar-refractivity contribution >= 4 is 5.69 Å². The van der Waals surface area contributed by atoms with Crippen LogP contribution in [0.15, 0.2) is 18.2 Å². The van der Waals surface area contributed by atoms with Crippen molar-refractivity contribution in [3.8, 4) is 0 Å². The van der Waals surface area contributed by atoms with E-state index in [4.69, 9.17) is 5.73 Å². The zero-order valence-corrected chi connectivity index (χ0v) is 7.39. The molecule has 0 radical (unpaired) electrons. The molecule has 0 aliphatic heterocycles. The van der Waals surface area contributed by atoms with Crippen molar-refractivity contribution in [1.82, 2.24) is 5.32 Å². The first-order valence-electron chi connectivity index (χ1n) is 4.53. The summed E-state index contributed by atoms with van der Waals surface area (Å²) in [5.41, 5.74) is 6.54. The molecule has 70 valence electrons. The Morgan fingerprint density at radius 2 is 2.23 bits per heavy atom. The van der Waals surface area contributed by atoms with Crippen molar-refractivity contribution in [2.45, 2.75) is 25.4 Å². The lowest BCUT2D eigenvalue weighted by Crippen LogP contribution is -2.15. The maximum Gasteiger partial charge on any atom is 0.146 e. The predicted molar refractivity (Wildman–Crippen MR) is 50.7 cm³/mol. The topological polar surface area (TPSA) is 38.0 Å². The van der Waals surface area contributed by atoms with E-state index < -0.39 is 0 Å². The van der Waals surface area contributed by atoms with Gasteiger partial charge in [0, 0.05) is 12.6 Å². The van der Waals surface area contributed by atoms with Gasteiger partial charge in [0.2, 0.25) is 0 Å². The minimum atomic E-state index is -0.324. The van der Waals surface area contributed by atoms with Gasteiger partial charge in [-0.05, 0) is 30.5 Å². The largest absolute Gasteiger partial charge is 0.396 e. The number of hydrogen-bond donors (Lipinski definition) is 2. The van der Waals surface area contributed by atoms with Crippen LogP contribution in [-0.4, -0.2) is 6.04 Å². The van der Waals surface area contributed by atoms with Crippen LogP contribution in [0.5, 0.6) is 0 Å². The third kappa shape index (κ3) is 2.18. The zero-order chi connectivity index (χ0) is 9.26. The summed E-state index contributed by atoms with van der Waals surface area (Å²) >= 11 is 0. The first-order valence-corrected chi connectivity index (χ1v) is 4.53. The minimum absolute atomic E-state index is 0.218. The van der Waals surface area contributed by atoms with Crippen LogP contribution >= 0.6 is 0 Å². The lowest BCUT2D eigenvalue weighted by Gasteiger charge is -2.03. The molecule has 1 fully saturated rings. The normalized spacial score (nSPS) is 16.1. The number of nitrogens with one attached hydrogen (secondary N) is 1. The fraction of sp³-hybridized carbons (Fsp3) is 0.400. The molecule has 3 N–H and O–H groups in total. The minimum Gasteiger partial charge on any atom is -0.396 e. The fourth-order valence-electron chi connectivity index (χ4n) is 1.23. The summed E-state index contributed by atoms with van der Waals surface area (Å²) in [7, 11) is 0. The van der Waals surface area contributed by atoms with Gasteiger partial charge in [0.25, 0.3) is 0 Å². The van der Waals surface area contributed by atoms with Gasteiger partial charge in [-0.1, -0.05) is 6.07 Å². The van der Waals surface area contributed by atoms with Gasteiger partial charge in [-0.25, -0.2) is 4.39 Å². The van der Waals surface area contributed by atoms with E-state index in [1.54, 1.807) is 6.07 Å². The van der Waals surface area contributed by atoms with Gasteiger partial charge in [0.1, 0.15) is 5.82 Å². The van der Waals surface area contributed by atoms with Crippen LogP contribution in [0, 0.1) is 5.82 Å². The van der Waals surface area contributed by atoms with E-state index in [1.165, 1.54) is 18.9 Å². The van der Waals surface area contributed by atoms with Crippen molar-refractivity contribution in [3.05, 3.63) is 29.6 Å². The van der Waals surface area contributed by atoms with E-state index in [2.05, 4.69) is 5.32 Å². The molecule has 1 aromatic rings. The second kappa shape index (κ2) is 3.34. The van der Waals surface area contributed by atoms with E-state index in [-0.39, 0.29) is 11.5 Å². The lowest BCUT2D eigenvalue weighted by molar-refractivity contribution is 0.624. The molecule has 0 spiro atoms. The molecular weight excluding hydrogens is 167 g/mol. The molecular formula is C10H13FN2. The molecule has 0 unspecified atom stereocenters. The lowest BCUT2D eigenvalue weighted by atomic mass is 10.2. The maximum absolute atomic E-state index is 13.0. The summed E-state index contributed by atoms with van der Waals surface area (Å²) < 4.78 is 13.0. The molecule has 0 amide bonds. The number of hydrogen-bond acceptors (Lipinski definition) is 2. The number of nitrogens with two attached hydrogens (primary N) is 1. The number of anilines is 1. The van der Waals surface area contributed by atoms with Gasteiger partial charge in [-0.15, -0.1) is 0 Å². The quantitative estimate of drug-likeness (QED) is 0.694. The van der Waals surface area contributed by atoms with Gasteiger partial charge in [0.15, 0.2) is 0 Å². The molecule has 0 aromatic heterocycles. The maximum atomic E-state index is 13.0. The molecule has 0 bridgehead atoms. The summed E-state index contributed by atoms with van der Waals surface area (Å²) in [5, 5.41) is 3.31. The molecule has 1 aliphatic rings. The van der Waals surface area contributed by atoms with E-state index in [9.17, 15) is 4.39 Å². The Morgan fingerprint density at radius 1 is 1.46 bits per heavy atom. The molecule has 0 saturated heterocycles. The summed E-state index contributed by atoms with van der Waals surface area (Å²) in [6.45, 7) is 0.738. The Kier molecular flexibility index (Phi) is 2.19. The highest BCUT2D eigenvalue weighted by atomic mass is 19.1. The second-order valence-corrected chi connectivity index (χ2v) is 3.51. The van der Waals surface area contributed by atoms with Crippen molar-refractivity contribution < 1.29 is 4.39 Å². The Labute approximate surface area is 76.9 Å². The highest BCUT2D eigenvalue weighted by Gasteiger charge is 2.19. The third-order valence-corrected chi connectivity index (χ3v) is 2.24. The molecule has 0 atom stereocenters. The Morgan fingerprint density at radius 3 is 2.85 bits per heavy atom. The van der Waals surface area contributed by atoms with Crippen LogP contribution in [0.3, 0.4) is 0 Å². The van der Waals surface area contributed by atoms with Crippen LogP contribution in [0.2, 0.25) is 0 Å². The average molecular weight is 180 g/mol. The highest BCUT2D eigenvalue weighted by molar-refractivity contribution is 5.41. The molecule has 1 saturated carbocycles. The number of nitrogen functional groups attached to an aromatic ring is 1. The summed E-state index contributed by atoms with van der Waals surface area (Å²) in [6.07, 6.45) is 2.49. The highest BCUT2D eigenvalue weighted by Crippen LogP contribution is 2.19. The Balaban J connectivity index is 1.98. The predicted octanol–water partition coefficient (Wildman–Crippen LogP) is 1.66. The van der Waals surface area contributed by atoms with Crippen LogP contribution in [-0.2, 0) is 6.54 Å². The number of rotatable bonds is 3. The van der Waals surface area contributed by atoms with Gasteiger partial charge < -0.3 is 11.1 Å². The third-order valence-electron chi connectivity index (χ3n) is 2.24. The van der Waals surface area contributed by atoms with Crippen molar-refractivity contribution in [2.24, 2.45) is 0 Å². The number of benzene rings is 1. The van der Waals surface area contributed by atoms with Gasteiger partial charge >= 0.3 is 0 Å². The van der Waals surface area contributed by atoms with Crippen LogP contribution < -0.4 is 11.1 Å². The van der Waals surface area contributed by atoms with Crippen LogP contribution in [0.4, 0.5) is 10.1 Å². The first kappa shape index (κ1) is 8.51. The second-order valence-electron chi connectivity index (χ2n) is 3.51. The molecule has 0 heterocycles. The molecule has 1 aromatic carbocycles. The standard InChI is InChI=1S/C10H13FN2/c11-9-5-7(1-4-10(9)12)6-13-8-2-3-8/h1,4-5,8,13H,2-3,6,12H2. The Bertz CT molecular complexity index is 308. The van der Waals surface area contributed by atoms with E-state index in [0.717, 1.165) is 12.1 Å². The number of halogens is 1. The SMILES string of the molecule is Nc1ccc(CNC2CC2)cc1F. The average Bonchev–Trinajstić information content (AvgIpc) is 2.91. The molecule has 2 rings (SSSR count). The smallest absolute Gasteiger partial charge is 0.146 e. The van der Waals surface area contributed by atoms with Crippen LogP contribution in [0.25, 0.3) is 0 Å². The monoisotopic (exact) mass is 180 g/mol. The van der Waals surface area contributed by atoms with Gasteiger partial charge in [0.05, 0.1) is 5.69 Å². The fourth-order valence-corrected chi connectivity index (χ4v) is 1.23. The van der Waals surface area contributed by atoms with Crippen LogP contribution in [0.1, 0.15) is 18.4 Å². The van der Waals surface area contributed by atoms with Gasteiger partial charge in [-0.3, -0.25) is 0 Å². The molecule has 13 heavy (non-hydrogen) atoms. The van der Waals surface area contributed by atoms with E-state index >= 15 is 0 Å². The van der Waals surface area contributed by atoms with E-state index in [1.807, 2.05) is 6.07 Å². The first-order chi connectivity index (χ1) is 6.25. The molecule has 3 heteroatoms. The summed E-state index contributed by atoms with van der Waals surface area (Å²) in [5.74, 6) is -0.324. The van der Waals surface area contributed by atoms with Crippen molar-refractivity contribution in [1.29, 1.82) is 0 Å². The summed E-state index contributed by atoms with van der Waals surface area (Å²) in [6, 6.07) is 5.61. The van der Waals surface area contributed by atoms with Crippen molar-refractivity contribution in [2.75, 3.05) is 5.73 Å². The Hall–Kier alpha value is -1.09. The van der Waals surface area contributed by atoms with E-state index in [0.29, 0.717) is 6.04 Å². The summed E-state index contributed by atoms with van der Waals surface area (Å²) in [4.78, 5) is 0. The van der Waals surface area contributed by atoms with Crippen molar-refractivity contribution in [3.63, 3.8) is 0 Å². The zero-order valence-electron chi connectivity index (χ0n) is 7.39. The molecule has 1 aliphatic carbocycles. The van der Waals surface area contributed by atoms with Gasteiger partial charge in [-0.2, -0.15) is 0 Å². The molecule has 2 nitrogen and oxygen atoms in total.